The molecule has 7 unspecified atom stereocenters. The first-order valence-corrected chi connectivity index (χ1v) is 12.8. The lowest BCUT2D eigenvalue weighted by Gasteiger charge is -2.35. The van der Waals surface area contributed by atoms with Gasteiger partial charge in [0, 0.05) is 12.8 Å². The fourth-order valence-corrected chi connectivity index (χ4v) is 6.72. The van der Waals surface area contributed by atoms with Crippen LogP contribution in [0, 0.1) is 29.6 Å². The quantitative estimate of drug-likeness (QED) is 0.418. The number of imide groups is 1. The number of alkyl halides is 2. The average molecular weight is 508 g/mol. The van der Waals surface area contributed by atoms with Crippen molar-refractivity contribution in [2.75, 3.05) is 0 Å². The monoisotopic (exact) mass is 507 g/mol. The highest BCUT2D eigenvalue weighted by Gasteiger charge is 2.72. The van der Waals surface area contributed by atoms with E-state index < -0.39 is 81.0 Å². The largest absolute Gasteiger partial charge is 0.460 e. The first kappa shape index (κ1) is 25.0. The fraction of sp³-hybridized carbons (Fsp3) is 0.810. The summed E-state index contributed by atoms with van der Waals surface area (Å²) in [5.74, 6) is -6.89. The summed E-state index contributed by atoms with van der Waals surface area (Å²) in [6.45, 7) is 1.79. The highest BCUT2D eigenvalue weighted by atomic mass is 32.2. The Balaban J connectivity index is 1.59. The second kappa shape index (κ2) is 8.51. The molecular weight excluding hydrogens is 480 g/mol. The van der Waals surface area contributed by atoms with E-state index in [4.69, 9.17) is 14.0 Å². The van der Waals surface area contributed by atoms with Crippen molar-refractivity contribution in [3.05, 3.63) is 0 Å². The second-order valence-corrected chi connectivity index (χ2v) is 11.2. The summed E-state index contributed by atoms with van der Waals surface area (Å²) in [5, 5.41) is -4.76. The Labute approximate surface area is 195 Å². The predicted molar refractivity (Wildman–Crippen MR) is 108 cm³/mol. The van der Waals surface area contributed by atoms with E-state index in [1.54, 1.807) is 0 Å². The van der Waals surface area contributed by atoms with Crippen molar-refractivity contribution < 1.29 is 50.4 Å². The number of ether oxygens (including phenoxy) is 2. The zero-order valence-electron chi connectivity index (χ0n) is 18.7. The minimum Gasteiger partial charge on any atom is -0.460 e. The second-order valence-electron chi connectivity index (χ2n) is 9.69. The maximum atomic E-state index is 13.9. The van der Waals surface area contributed by atoms with Crippen LogP contribution in [0.1, 0.15) is 52.4 Å². The van der Waals surface area contributed by atoms with Crippen molar-refractivity contribution in [3.63, 3.8) is 0 Å². The molecule has 190 valence electrons. The zero-order chi connectivity index (χ0) is 25.2. The van der Waals surface area contributed by atoms with E-state index in [2.05, 4.69) is 0 Å². The topological polar surface area (TPSA) is 144 Å². The number of hydrogen-bond donors (Lipinski definition) is 1. The number of rotatable bonds is 6. The van der Waals surface area contributed by atoms with Gasteiger partial charge in [-0.2, -0.15) is 17.2 Å². The summed E-state index contributed by atoms with van der Waals surface area (Å²) >= 11 is 0. The first-order chi connectivity index (χ1) is 15.8. The summed E-state index contributed by atoms with van der Waals surface area (Å²) in [5.41, 5.74) is 0. The third-order valence-corrected chi connectivity index (χ3v) is 8.80. The van der Waals surface area contributed by atoms with Crippen LogP contribution in [0.15, 0.2) is 0 Å². The van der Waals surface area contributed by atoms with Gasteiger partial charge < -0.3 is 9.47 Å². The van der Waals surface area contributed by atoms with E-state index in [-0.39, 0.29) is 12.3 Å². The fourth-order valence-electron chi connectivity index (χ4n) is 6.25. The Morgan fingerprint density at radius 1 is 1.12 bits per heavy atom. The SMILES string of the molecule is CC(=O)N1C(=O)C2C3CC(C(OC(=O)C4CCCCC4)C31)C2C(=O)OC(C)C(F)(F)S(=O)(=O)O. The minimum absolute atomic E-state index is 0.246. The normalized spacial score (nSPS) is 34.3. The van der Waals surface area contributed by atoms with Crippen LogP contribution in [0.2, 0.25) is 0 Å². The maximum absolute atomic E-state index is 13.9. The molecule has 7 atom stereocenters. The Hall–Kier alpha value is -2.15. The van der Waals surface area contributed by atoms with Crippen LogP contribution >= 0.6 is 0 Å². The van der Waals surface area contributed by atoms with Gasteiger partial charge in [-0.05, 0) is 32.1 Å². The Morgan fingerprint density at radius 2 is 1.74 bits per heavy atom. The third-order valence-electron chi connectivity index (χ3n) is 7.78. The molecule has 0 aromatic rings. The summed E-state index contributed by atoms with van der Waals surface area (Å²) in [7, 11) is -5.86. The van der Waals surface area contributed by atoms with Crippen LogP contribution in [0.25, 0.3) is 0 Å². The number of likely N-dealkylation sites (tertiary alicyclic amines) is 1. The van der Waals surface area contributed by atoms with Crippen molar-refractivity contribution in [1.29, 1.82) is 0 Å². The van der Waals surface area contributed by atoms with Gasteiger partial charge >= 0.3 is 27.3 Å². The summed E-state index contributed by atoms with van der Waals surface area (Å²) < 4.78 is 69.2. The molecular formula is C21H27F2NO9S. The molecule has 13 heteroatoms. The van der Waals surface area contributed by atoms with Gasteiger partial charge in [0.15, 0.2) is 6.10 Å². The number of carbonyl (C=O) groups excluding carboxylic acids is 4. The van der Waals surface area contributed by atoms with Crippen molar-refractivity contribution in [2.24, 2.45) is 29.6 Å². The van der Waals surface area contributed by atoms with Gasteiger partial charge in [0.2, 0.25) is 11.8 Å². The summed E-state index contributed by atoms with van der Waals surface area (Å²) in [4.78, 5) is 52.0. The molecule has 0 aromatic heterocycles. The van der Waals surface area contributed by atoms with Crippen molar-refractivity contribution in [2.45, 2.75) is 75.9 Å². The number of esters is 2. The van der Waals surface area contributed by atoms with Crippen LogP contribution in [0.4, 0.5) is 8.78 Å². The lowest BCUT2D eigenvalue weighted by Crippen LogP contribution is -2.49. The highest BCUT2D eigenvalue weighted by molar-refractivity contribution is 7.86. The number of halogens is 2. The average Bonchev–Trinajstić information content (AvgIpc) is 3.36. The molecule has 1 N–H and O–H groups in total. The van der Waals surface area contributed by atoms with Gasteiger partial charge in [0.25, 0.3) is 0 Å². The smallest absolute Gasteiger partial charge is 0.405 e. The molecule has 3 saturated carbocycles. The number of amides is 2. The van der Waals surface area contributed by atoms with E-state index >= 15 is 0 Å². The van der Waals surface area contributed by atoms with E-state index in [1.165, 1.54) is 6.92 Å². The summed E-state index contributed by atoms with van der Waals surface area (Å²) in [6, 6.07) is -0.742. The van der Waals surface area contributed by atoms with Gasteiger partial charge in [0.1, 0.15) is 6.10 Å². The summed E-state index contributed by atoms with van der Waals surface area (Å²) in [6.07, 6.45) is 0.774. The molecule has 0 aromatic carbocycles. The van der Waals surface area contributed by atoms with Gasteiger partial charge in [-0.1, -0.05) is 19.3 Å². The molecule has 3 aliphatic carbocycles. The molecule has 0 spiro atoms. The van der Waals surface area contributed by atoms with Crippen LogP contribution in [-0.2, 0) is 38.8 Å². The molecule has 4 rings (SSSR count). The number of carbonyl (C=O) groups is 4. The van der Waals surface area contributed by atoms with Gasteiger partial charge in [-0.25, -0.2) is 0 Å². The Bertz CT molecular complexity index is 1010. The van der Waals surface area contributed by atoms with E-state index in [0.29, 0.717) is 19.8 Å². The van der Waals surface area contributed by atoms with Crippen LogP contribution in [-0.4, -0.2) is 65.1 Å². The van der Waals surface area contributed by atoms with Crippen LogP contribution in [0.3, 0.4) is 0 Å². The number of fused-ring (bicyclic) bond motifs is 1. The molecule has 4 fully saturated rings. The molecule has 1 heterocycles. The predicted octanol–water partition coefficient (Wildman–Crippen LogP) is 1.53. The Kier molecular flexibility index (Phi) is 6.24. The van der Waals surface area contributed by atoms with Crippen LogP contribution in [0.5, 0.6) is 0 Å². The van der Waals surface area contributed by atoms with Crippen LogP contribution < -0.4 is 0 Å². The van der Waals surface area contributed by atoms with Gasteiger partial charge in [-0.3, -0.25) is 28.6 Å². The number of hydrogen-bond acceptors (Lipinski definition) is 8. The lowest BCUT2D eigenvalue weighted by atomic mass is 9.78. The van der Waals surface area contributed by atoms with Crippen molar-refractivity contribution in [3.8, 4) is 0 Å². The van der Waals surface area contributed by atoms with E-state index in [0.717, 1.165) is 24.2 Å². The van der Waals surface area contributed by atoms with Crippen molar-refractivity contribution >= 4 is 33.9 Å². The first-order valence-electron chi connectivity index (χ1n) is 11.4. The molecule has 0 radical (unpaired) electrons. The van der Waals surface area contributed by atoms with Gasteiger partial charge in [0.05, 0.1) is 23.8 Å². The maximum Gasteiger partial charge on any atom is 0.405 e. The third kappa shape index (κ3) is 3.80. The molecule has 34 heavy (non-hydrogen) atoms. The van der Waals surface area contributed by atoms with E-state index in [1.807, 2.05) is 0 Å². The Morgan fingerprint density at radius 3 is 2.29 bits per heavy atom. The molecule has 4 aliphatic rings. The van der Waals surface area contributed by atoms with Gasteiger partial charge in [-0.15, -0.1) is 0 Å². The minimum atomic E-state index is -5.86. The van der Waals surface area contributed by atoms with E-state index in [9.17, 15) is 36.4 Å². The zero-order valence-corrected chi connectivity index (χ0v) is 19.5. The molecule has 1 saturated heterocycles. The molecule has 2 amide bonds. The van der Waals surface area contributed by atoms with Crippen molar-refractivity contribution in [1.82, 2.24) is 4.90 Å². The molecule has 2 bridgehead atoms. The lowest BCUT2D eigenvalue weighted by molar-refractivity contribution is -0.175. The highest BCUT2D eigenvalue weighted by Crippen LogP contribution is 2.60. The molecule has 1 aliphatic heterocycles. The number of nitrogens with zero attached hydrogens (tertiary/aromatic N) is 1. The molecule has 10 nitrogen and oxygen atoms in total. The standard InChI is InChI=1S/C21H27F2NO9S/c1-9(21(22,23)34(29,30)31)32-20(28)15-13-8-12-14(15)18(26)24(10(2)25)16(12)17(13)33-19(27)11-6-4-3-5-7-11/h9,11-17H,3-8H2,1-2H3,(H,29,30,31).